The predicted octanol–water partition coefficient (Wildman–Crippen LogP) is 4.24. The minimum atomic E-state index is -3.89. The number of halogens is 2. The first-order valence-electron chi connectivity index (χ1n) is 9.24. The molecule has 0 aliphatic heterocycles. The number of rotatable bonds is 4. The van der Waals surface area contributed by atoms with Crippen molar-refractivity contribution >= 4 is 74.5 Å². The van der Waals surface area contributed by atoms with Gasteiger partial charge in [-0.25, -0.2) is 17.9 Å². The fourth-order valence-corrected chi connectivity index (χ4v) is 5.78. The summed E-state index contributed by atoms with van der Waals surface area (Å²) >= 11 is 11.8. The van der Waals surface area contributed by atoms with Crippen LogP contribution in [0.25, 0.3) is 0 Å². The quantitative estimate of drug-likeness (QED) is 0.668. The van der Waals surface area contributed by atoms with Crippen molar-refractivity contribution < 1.29 is 13.2 Å². The Bertz CT molecular complexity index is 1020. The monoisotopic (exact) mass is 461 g/mol. The third-order valence-electron chi connectivity index (χ3n) is 5.24. The maximum absolute atomic E-state index is 12.5. The molecular weight excluding hydrogens is 442 g/mol. The van der Waals surface area contributed by atoms with E-state index in [9.17, 15) is 13.2 Å². The molecule has 2 aliphatic carbocycles. The molecule has 0 aromatic heterocycles. The van der Waals surface area contributed by atoms with E-state index in [0.29, 0.717) is 15.6 Å². The van der Waals surface area contributed by atoms with Crippen LogP contribution in [-0.4, -0.2) is 44.0 Å². The second kappa shape index (κ2) is 9.16. The van der Waals surface area contributed by atoms with Crippen LogP contribution >= 0.6 is 23.2 Å². The molecule has 0 saturated carbocycles. The Morgan fingerprint density at radius 3 is 2.00 bits per heavy atom. The number of nitrogens with one attached hydrogen (secondary N) is 2. The van der Waals surface area contributed by atoms with Gasteiger partial charge in [-0.3, -0.25) is 0 Å². The number of carbonyl (C=O) groups excluding carboxylic acids is 1. The molecule has 2 N–H and O–H groups in total. The fraction of sp³-hybridized carbons (Fsp3) is 0.350. The minimum Gasteiger partial charge on any atom is -0.307 e. The summed E-state index contributed by atoms with van der Waals surface area (Å²) < 4.78 is 27.0. The molecule has 2 aliphatic rings. The SMILES string of the molecule is O=C(Nc1c2c(cc3c1CCC3)CCC2)NS(=O)(=O)Cc1cc(Cl)cc(Cl)c1.[Na]. The number of aryl methyl sites for hydroxylation is 2. The van der Waals surface area contributed by atoms with Crippen LogP contribution in [0.1, 0.15) is 40.7 Å². The van der Waals surface area contributed by atoms with Crippen LogP contribution in [-0.2, 0) is 41.5 Å². The van der Waals surface area contributed by atoms with Crippen LogP contribution in [0.4, 0.5) is 10.5 Å². The van der Waals surface area contributed by atoms with Crippen molar-refractivity contribution in [2.75, 3.05) is 5.32 Å². The maximum atomic E-state index is 12.5. The van der Waals surface area contributed by atoms with Crippen molar-refractivity contribution in [2.24, 2.45) is 0 Å². The largest absolute Gasteiger partial charge is 0.332 e. The van der Waals surface area contributed by atoms with E-state index in [0.717, 1.165) is 55.3 Å². The van der Waals surface area contributed by atoms with E-state index in [4.69, 9.17) is 23.2 Å². The normalized spacial score (nSPS) is 14.7. The van der Waals surface area contributed by atoms with Crippen LogP contribution in [0, 0.1) is 0 Å². The standard InChI is InChI=1S/C20H20Cl2N2O3S.Na/c21-15-7-12(8-16(22)10-15)11-28(26,27)24-20(25)23-19-17-5-1-3-13(17)9-14-4-2-6-18(14)19;/h7-10H,1-6,11H2,(H2,23,24,25);. The van der Waals surface area contributed by atoms with E-state index < -0.39 is 16.1 Å². The van der Waals surface area contributed by atoms with Crippen molar-refractivity contribution in [2.45, 2.75) is 44.3 Å². The number of carbonyl (C=O) groups is 1. The van der Waals surface area contributed by atoms with Gasteiger partial charge in [0.25, 0.3) is 0 Å². The molecule has 0 unspecified atom stereocenters. The molecule has 149 valence electrons. The summed E-state index contributed by atoms with van der Waals surface area (Å²) in [7, 11) is -3.89. The Labute approximate surface area is 202 Å². The first-order chi connectivity index (χ1) is 13.3. The van der Waals surface area contributed by atoms with Crippen LogP contribution in [0.3, 0.4) is 0 Å². The van der Waals surface area contributed by atoms with Crippen molar-refractivity contribution in [3.05, 3.63) is 62.1 Å². The van der Waals surface area contributed by atoms with Crippen LogP contribution in [0.15, 0.2) is 24.3 Å². The predicted molar refractivity (Wildman–Crippen MR) is 117 cm³/mol. The number of hydrogen-bond acceptors (Lipinski definition) is 3. The van der Waals surface area contributed by atoms with Gasteiger partial charge in [0, 0.05) is 45.3 Å². The second-order valence-electron chi connectivity index (χ2n) is 7.33. The van der Waals surface area contributed by atoms with Gasteiger partial charge < -0.3 is 5.32 Å². The summed E-state index contributed by atoms with van der Waals surface area (Å²) in [4.78, 5) is 12.5. The van der Waals surface area contributed by atoms with Gasteiger partial charge in [-0.05, 0) is 84.5 Å². The zero-order chi connectivity index (χ0) is 19.9. The van der Waals surface area contributed by atoms with Gasteiger partial charge in [-0.1, -0.05) is 29.3 Å². The molecule has 1 radical (unpaired) electrons. The Morgan fingerprint density at radius 2 is 1.45 bits per heavy atom. The summed E-state index contributed by atoms with van der Waals surface area (Å²) in [6.07, 6.45) is 5.95. The Kier molecular flexibility index (Phi) is 7.24. The molecule has 2 aromatic rings. The summed E-state index contributed by atoms with van der Waals surface area (Å²) in [5.41, 5.74) is 6.06. The number of urea groups is 1. The number of benzene rings is 2. The van der Waals surface area contributed by atoms with Gasteiger partial charge in [0.05, 0.1) is 5.75 Å². The molecule has 0 saturated heterocycles. The fourth-order valence-electron chi connectivity index (χ4n) is 4.20. The average Bonchev–Trinajstić information content (AvgIpc) is 3.21. The van der Waals surface area contributed by atoms with Gasteiger partial charge in [0.2, 0.25) is 10.0 Å². The maximum Gasteiger partial charge on any atom is 0.332 e. The van der Waals surface area contributed by atoms with E-state index in [2.05, 4.69) is 16.1 Å². The van der Waals surface area contributed by atoms with E-state index in [1.54, 1.807) is 0 Å². The summed E-state index contributed by atoms with van der Waals surface area (Å²) in [5.74, 6) is -0.383. The average molecular weight is 462 g/mol. The molecular formula is C20H20Cl2N2NaO3S. The molecule has 4 rings (SSSR count). The van der Waals surface area contributed by atoms with Gasteiger partial charge in [-0.15, -0.1) is 0 Å². The Hall–Kier alpha value is -0.760. The number of amides is 2. The number of anilines is 1. The van der Waals surface area contributed by atoms with Crippen molar-refractivity contribution in [3.63, 3.8) is 0 Å². The zero-order valence-electron chi connectivity index (χ0n) is 16.1. The topological polar surface area (TPSA) is 75.3 Å². The number of hydrogen-bond donors (Lipinski definition) is 2. The van der Waals surface area contributed by atoms with Crippen LogP contribution < -0.4 is 10.0 Å². The molecule has 2 amide bonds. The van der Waals surface area contributed by atoms with E-state index in [1.807, 2.05) is 0 Å². The second-order valence-corrected chi connectivity index (χ2v) is 9.92. The Balaban J connectivity index is 0.00000240. The summed E-state index contributed by atoms with van der Waals surface area (Å²) in [6, 6.07) is 6.08. The van der Waals surface area contributed by atoms with Crippen molar-refractivity contribution in [3.8, 4) is 0 Å². The smallest absolute Gasteiger partial charge is 0.307 e. The summed E-state index contributed by atoms with van der Waals surface area (Å²) in [5, 5.41) is 3.52. The van der Waals surface area contributed by atoms with Crippen molar-refractivity contribution in [1.82, 2.24) is 4.72 Å². The van der Waals surface area contributed by atoms with Crippen LogP contribution in [0.2, 0.25) is 10.0 Å². The van der Waals surface area contributed by atoms with Crippen LogP contribution in [0.5, 0.6) is 0 Å². The number of fused-ring (bicyclic) bond motifs is 2. The first kappa shape index (κ1) is 22.9. The zero-order valence-corrected chi connectivity index (χ0v) is 20.5. The molecule has 9 heteroatoms. The van der Waals surface area contributed by atoms with Gasteiger partial charge in [0.15, 0.2) is 0 Å². The third kappa shape index (κ3) is 5.30. The molecule has 0 fully saturated rings. The third-order valence-corrected chi connectivity index (χ3v) is 6.89. The summed E-state index contributed by atoms with van der Waals surface area (Å²) in [6.45, 7) is 0. The van der Waals surface area contributed by atoms with E-state index >= 15 is 0 Å². The minimum absolute atomic E-state index is 0. The van der Waals surface area contributed by atoms with Gasteiger partial charge >= 0.3 is 6.03 Å². The molecule has 0 spiro atoms. The molecule has 29 heavy (non-hydrogen) atoms. The molecule has 0 bridgehead atoms. The molecule has 5 nitrogen and oxygen atoms in total. The molecule has 0 heterocycles. The van der Waals surface area contributed by atoms with Crippen molar-refractivity contribution in [1.29, 1.82) is 0 Å². The van der Waals surface area contributed by atoms with Gasteiger partial charge in [-0.2, -0.15) is 0 Å². The molecule has 2 aromatic carbocycles. The van der Waals surface area contributed by atoms with E-state index in [1.165, 1.54) is 29.3 Å². The first-order valence-corrected chi connectivity index (χ1v) is 11.6. The van der Waals surface area contributed by atoms with E-state index in [-0.39, 0.29) is 35.3 Å². The molecule has 0 atom stereocenters. The Morgan fingerprint density at radius 1 is 0.897 bits per heavy atom. The number of sulfonamides is 1. The van der Waals surface area contributed by atoms with Gasteiger partial charge in [0.1, 0.15) is 0 Å².